The molecule has 0 amide bonds. The van der Waals surface area contributed by atoms with E-state index in [1.807, 2.05) is 13.8 Å². The van der Waals surface area contributed by atoms with Crippen LogP contribution in [0.1, 0.15) is 46.0 Å². The Labute approximate surface area is 156 Å². The Balaban J connectivity index is 4.42. The second kappa shape index (κ2) is 10.8. The Morgan fingerprint density at radius 2 is 1.32 bits per heavy atom. The Kier molecular flexibility index (Phi) is 10.2. The first kappa shape index (κ1) is 26.4. The molecule has 166 valence electrons. The number of ether oxygens (including phenoxy) is 2. The second-order valence-corrected chi connectivity index (χ2v) is 6.08. The summed E-state index contributed by atoms with van der Waals surface area (Å²) in [5.41, 5.74) is 0. The zero-order valence-electron chi connectivity index (χ0n) is 15.3. The number of carbonyl (C=O) groups excluding carboxylic acids is 2. The molecule has 0 N–H and O–H groups in total. The number of esters is 2. The van der Waals surface area contributed by atoms with Gasteiger partial charge < -0.3 is 9.47 Å². The van der Waals surface area contributed by atoms with Crippen LogP contribution in [0.3, 0.4) is 0 Å². The quantitative estimate of drug-likeness (QED) is 0.310. The van der Waals surface area contributed by atoms with E-state index >= 15 is 0 Å². The molecule has 0 fully saturated rings. The molecule has 0 aliphatic carbocycles. The van der Waals surface area contributed by atoms with Gasteiger partial charge in [-0.15, -0.1) is 0 Å². The summed E-state index contributed by atoms with van der Waals surface area (Å²) < 4.78 is 110. The van der Waals surface area contributed by atoms with Crippen LogP contribution in [-0.4, -0.2) is 49.3 Å². The van der Waals surface area contributed by atoms with Crippen molar-refractivity contribution < 1.29 is 54.2 Å². The first-order chi connectivity index (χ1) is 12.7. The molecule has 0 aromatic carbocycles. The van der Waals surface area contributed by atoms with Crippen LogP contribution in [-0.2, 0) is 19.1 Å². The number of hydrogen-bond donors (Lipinski definition) is 0. The van der Waals surface area contributed by atoms with Crippen LogP contribution >= 0.6 is 0 Å². The number of rotatable bonds is 13. The van der Waals surface area contributed by atoms with Crippen molar-refractivity contribution in [2.24, 2.45) is 5.92 Å². The molecule has 0 rings (SSSR count). The zero-order valence-corrected chi connectivity index (χ0v) is 15.3. The third-order valence-electron chi connectivity index (χ3n) is 3.96. The van der Waals surface area contributed by atoms with Crippen molar-refractivity contribution in [1.82, 2.24) is 0 Å². The van der Waals surface area contributed by atoms with Crippen LogP contribution in [0.15, 0.2) is 0 Å². The molecule has 4 nitrogen and oxygen atoms in total. The zero-order chi connectivity index (χ0) is 22.2. The molecule has 0 saturated heterocycles. The average Bonchev–Trinajstić information content (AvgIpc) is 2.60. The predicted octanol–water partition coefficient (Wildman–Crippen LogP) is 4.85. The van der Waals surface area contributed by atoms with E-state index in [-0.39, 0.29) is 25.4 Å². The largest absolute Gasteiger partial charge is 0.465 e. The molecule has 0 bridgehead atoms. The third-order valence-corrected chi connectivity index (χ3v) is 3.96. The molecule has 12 heteroatoms. The lowest BCUT2D eigenvalue weighted by Gasteiger charge is -2.31. The van der Waals surface area contributed by atoms with Crippen molar-refractivity contribution >= 4 is 11.9 Å². The fraction of sp³-hybridized carbons (Fsp3) is 0.875. The summed E-state index contributed by atoms with van der Waals surface area (Å²) >= 11 is 0. The lowest BCUT2D eigenvalue weighted by Crippen LogP contribution is -2.59. The van der Waals surface area contributed by atoms with E-state index in [9.17, 15) is 44.7 Å². The number of carbonyl (C=O) groups is 2. The molecule has 0 aromatic heterocycles. The highest BCUT2D eigenvalue weighted by molar-refractivity contribution is 5.72. The highest BCUT2D eigenvalue weighted by atomic mass is 19.4. The minimum absolute atomic E-state index is 0.157. The first-order valence-electron chi connectivity index (χ1n) is 8.45. The summed E-state index contributed by atoms with van der Waals surface area (Å²) in [6.07, 6.45) is -4.66. The minimum atomic E-state index is -6.44. The predicted molar refractivity (Wildman–Crippen MR) is 80.7 cm³/mol. The van der Waals surface area contributed by atoms with Gasteiger partial charge in [-0.1, -0.05) is 26.7 Å². The topological polar surface area (TPSA) is 52.6 Å². The smallest absolute Gasteiger partial charge is 0.381 e. The van der Waals surface area contributed by atoms with Crippen molar-refractivity contribution in [2.45, 2.75) is 70.1 Å². The molecule has 0 aliphatic rings. The molecular weight excluding hydrogens is 408 g/mol. The molecule has 0 saturated carbocycles. The molecule has 28 heavy (non-hydrogen) atoms. The van der Waals surface area contributed by atoms with Gasteiger partial charge in [0, 0.05) is 12.8 Å². The first-order valence-corrected chi connectivity index (χ1v) is 8.45. The van der Waals surface area contributed by atoms with Crippen LogP contribution in [0.4, 0.5) is 35.1 Å². The van der Waals surface area contributed by atoms with Gasteiger partial charge in [0.25, 0.3) is 0 Å². The van der Waals surface area contributed by atoms with E-state index < -0.39 is 49.2 Å². The van der Waals surface area contributed by atoms with E-state index in [2.05, 4.69) is 4.74 Å². The molecule has 0 aliphatic heterocycles. The summed E-state index contributed by atoms with van der Waals surface area (Å²) in [7, 11) is 0. The van der Waals surface area contributed by atoms with Gasteiger partial charge in [-0.05, 0) is 12.3 Å². The van der Waals surface area contributed by atoms with Gasteiger partial charge in [0.05, 0.1) is 6.61 Å². The summed E-state index contributed by atoms with van der Waals surface area (Å²) in [6.45, 7) is 1.44. The van der Waals surface area contributed by atoms with Gasteiger partial charge in [0.15, 0.2) is 6.61 Å². The monoisotopic (exact) mass is 430 g/mol. The van der Waals surface area contributed by atoms with E-state index in [4.69, 9.17) is 4.74 Å². The van der Waals surface area contributed by atoms with Crippen molar-refractivity contribution in [1.29, 1.82) is 0 Å². The maximum atomic E-state index is 13.2. The minimum Gasteiger partial charge on any atom is -0.465 e. The maximum absolute atomic E-state index is 13.2. The number of halogens is 8. The summed E-state index contributed by atoms with van der Waals surface area (Å²) in [5, 5.41) is 0. The van der Waals surface area contributed by atoms with Crippen molar-refractivity contribution in [3.8, 4) is 0 Å². The molecular formula is C16H22F8O4. The molecule has 0 radical (unpaired) electrons. The van der Waals surface area contributed by atoms with Crippen LogP contribution in [0.2, 0.25) is 0 Å². The highest BCUT2D eigenvalue weighted by Crippen LogP contribution is 2.48. The lowest BCUT2D eigenvalue weighted by atomic mass is 10.1. The van der Waals surface area contributed by atoms with Gasteiger partial charge in [-0.25, -0.2) is 8.78 Å². The number of alkyl halides is 8. The Bertz CT molecular complexity index is 507. The van der Waals surface area contributed by atoms with Crippen LogP contribution in [0, 0.1) is 5.92 Å². The molecule has 0 aromatic rings. The van der Waals surface area contributed by atoms with Crippen molar-refractivity contribution in [3.05, 3.63) is 0 Å². The highest BCUT2D eigenvalue weighted by Gasteiger charge is 2.75. The van der Waals surface area contributed by atoms with Crippen molar-refractivity contribution in [2.75, 3.05) is 13.2 Å². The van der Waals surface area contributed by atoms with E-state index in [1.54, 1.807) is 0 Å². The molecule has 0 unspecified atom stereocenters. The number of hydrogen-bond acceptors (Lipinski definition) is 4. The SMILES string of the molecule is CCC(CC)COC(=O)CCCC(=O)OCC(F)(F)C(F)(F)C(F)(F)C(F)F. The van der Waals surface area contributed by atoms with Gasteiger partial charge in [-0.3, -0.25) is 9.59 Å². The van der Waals surface area contributed by atoms with Gasteiger partial charge >= 0.3 is 36.1 Å². The lowest BCUT2D eigenvalue weighted by molar-refractivity contribution is -0.344. The van der Waals surface area contributed by atoms with Gasteiger partial charge in [0.2, 0.25) is 0 Å². The fourth-order valence-corrected chi connectivity index (χ4v) is 1.90. The van der Waals surface area contributed by atoms with E-state index in [1.165, 1.54) is 0 Å². The second-order valence-electron chi connectivity index (χ2n) is 6.08. The fourth-order valence-electron chi connectivity index (χ4n) is 1.90. The van der Waals surface area contributed by atoms with Crippen LogP contribution < -0.4 is 0 Å². The third kappa shape index (κ3) is 7.08. The summed E-state index contributed by atoms with van der Waals surface area (Å²) in [6, 6.07) is 0. The van der Waals surface area contributed by atoms with Crippen molar-refractivity contribution in [3.63, 3.8) is 0 Å². The average molecular weight is 430 g/mol. The van der Waals surface area contributed by atoms with Crippen LogP contribution in [0.5, 0.6) is 0 Å². The standard InChI is InChI=1S/C16H22F8O4/c1-3-10(4-2)8-27-11(25)6-5-7-12(26)28-9-14(19,20)16(23,24)15(21,22)13(17)18/h10,13H,3-9H2,1-2H3. The van der Waals surface area contributed by atoms with Gasteiger partial charge in [0.1, 0.15) is 0 Å². The summed E-state index contributed by atoms with van der Waals surface area (Å²) in [4.78, 5) is 22.7. The Hall–Kier alpha value is -1.62. The van der Waals surface area contributed by atoms with Gasteiger partial charge in [-0.2, -0.15) is 26.3 Å². The Morgan fingerprint density at radius 1 is 0.857 bits per heavy atom. The molecule has 0 atom stereocenters. The van der Waals surface area contributed by atoms with Crippen LogP contribution in [0.25, 0.3) is 0 Å². The molecule has 0 spiro atoms. The molecule has 0 heterocycles. The maximum Gasteiger partial charge on any atom is 0.381 e. The Morgan fingerprint density at radius 3 is 1.75 bits per heavy atom. The summed E-state index contributed by atoms with van der Waals surface area (Å²) in [5.74, 6) is -20.5. The van der Waals surface area contributed by atoms with E-state index in [0.29, 0.717) is 0 Å². The van der Waals surface area contributed by atoms with E-state index in [0.717, 1.165) is 12.8 Å². The normalized spacial score (nSPS) is 13.1.